The van der Waals surface area contributed by atoms with Gasteiger partial charge in [-0.1, -0.05) is 17.9 Å². The Morgan fingerprint density at radius 2 is 2.09 bits per heavy atom. The normalized spacial score (nSPS) is 17.3. The molecule has 0 saturated heterocycles. The van der Waals surface area contributed by atoms with Crippen molar-refractivity contribution in [2.75, 3.05) is 5.73 Å². The van der Waals surface area contributed by atoms with Crippen LogP contribution in [0.5, 0.6) is 0 Å². The summed E-state index contributed by atoms with van der Waals surface area (Å²) in [6, 6.07) is 7.69. The monoisotopic (exact) mass is 457 g/mol. The first-order valence-corrected chi connectivity index (χ1v) is 11.6. The number of aryl methyl sites for hydroxylation is 1. The fourth-order valence-electron chi connectivity index (χ4n) is 3.98. The summed E-state index contributed by atoms with van der Waals surface area (Å²) in [6.45, 7) is 2.46. The summed E-state index contributed by atoms with van der Waals surface area (Å²) in [7, 11) is 0. The van der Waals surface area contributed by atoms with E-state index in [1.165, 1.54) is 6.33 Å². The number of hydrogen-bond acceptors (Lipinski definition) is 6. The molecule has 1 aliphatic carbocycles. The number of nitrogens with one attached hydrogen (secondary N) is 1. The molecule has 0 radical (unpaired) electrons. The Morgan fingerprint density at radius 3 is 2.85 bits per heavy atom. The Kier molecular flexibility index (Phi) is 5.58. The molecule has 1 aliphatic rings. The first-order chi connectivity index (χ1) is 16.0. The fraction of sp³-hybridized carbons (Fsp3) is 0.240. The highest BCUT2D eigenvalue weighted by Gasteiger charge is 2.30. The maximum atomic E-state index is 12.6. The molecule has 1 saturated carbocycles. The van der Waals surface area contributed by atoms with Gasteiger partial charge in [-0.25, -0.2) is 9.97 Å². The second kappa shape index (κ2) is 8.70. The number of thiophene rings is 1. The minimum absolute atomic E-state index is 0.137. The van der Waals surface area contributed by atoms with E-state index in [4.69, 9.17) is 5.73 Å². The zero-order chi connectivity index (χ0) is 22.9. The van der Waals surface area contributed by atoms with Crippen molar-refractivity contribution >= 4 is 34.1 Å². The van der Waals surface area contributed by atoms with Crippen molar-refractivity contribution in [1.29, 1.82) is 0 Å². The number of nitrogens with two attached hydrogens (primary N) is 1. The van der Waals surface area contributed by atoms with Crippen LogP contribution < -0.4 is 11.1 Å². The number of rotatable bonds is 4. The number of anilines is 1. The maximum absolute atomic E-state index is 12.6. The van der Waals surface area contributed by atoms with E-state index in [9.17, 15) is 9.90 Å². The number of aliphatic hydroxyl groups excluding tert-OH is 1. The lowest BCUT2D eigenvalue weighted by Crippen LogP contribution is -2.30. The predicted octanol–water partition coefficient (Wildman–Crippen LogP) is 3.41. The molecule has 3 heterocycles. The lowest BCUT2D eigenvalue weighted by molar-refractivity contribution is 0.0501. The average Bonchev–Trinajstić information content (AvgIpc) is 3.43. The predicted molar refractivity (Wildman–Crippen MR) is 129 cm³/mol. The molecule has 0 atom stereocenters. The summed E-state index contributed by atoms with van der Waals surface area (Å²) in [5.41, 5.74) is 11.0. The third-order valence-electron chi connectivity index (χ3n) is 5.99. The van der Waals surface area contributed by atoms with Crippen LogP contribution in [0.25, 0.3) is 11.0 Å². The van der Waals surface area contributed by atoms with Gasteiger partial charge in [-0.15, -0.1) is 0 Å². The number of nitrogen functional groups attached to an aromatic ring is 1. The van der Waals surface area contributed by atoms with Crippen molar-refractivity contribution in [3.8, 4) is 11.8 Å². The number of aliphatic hydroxyl groups is 1. The van der Waals surface area contributed by atoms with Gasteiger partial charge in [0, 0.05) is 29.9 Å². The fourth-order valence-corrected chi connectivity index (χ4v) is 4.65. The zero-order valence-corrected chi connectivity index (χ0v) is 18.9. The highest BCUT2D eigenvalue weighted by atomic mass is 32.1. The van der Waals surface area contributed by atoms with Crippen LogP contribution in [0, 0.1) is 18.8 Å². The SMILES string of the molecule is Cc1ccc(C(=O)NCc2ccsc2)cc1C#Cc1cn(C2CC(O)C2)c2ncnc(N)c12. The summed E-state index contributed by atoms with van der Waals surface area (Å²) in [5, 5.41) is 17.4. The molecule has 1 amide bonds. The average molecular weight is 458 g/mol. The second-order valence-corrected chi connectivity index (χ2v) is 9.06. The van der Waals surface area contributed by atoms with Crippen molar-refractivity contribution in [3.63, 3.8) is 0 Å². The number of fused-ring (bicyclic) bond motifs is 1. The second-order valence-electron chi connectivity index (χ2n) is 8.28. The quantitative estimate of drug-likeness (QED) is 0.407. The molecule has 0 bridgehead atoms. The maximum Gasteiger partial charge on any atom is 0.251 e. The lowest BCUT2D eigenvalue weighted by Gasteiger charge is -2.32. The summed E-state index contributed by atoms with van der Waals surface area (Å²) in [4.78, 5) is 21.2. The lowest BCUT2D eigenvalue weighted by atomic mass is 9.89. The smallest absolute Gasteiger partial charge is 0.251 e. The number of nitrogens with zero attached hydrogens (tertiary/aromatic N) is 3. The van der Waals surface area contributed by atoms with Gasteiger partial charge in [-0.3, -0.25) is 4.79 Å². The van der Waals surface area contributed by atoms with Crippen LogP contribution in [0.4, 0.5) is 5.82 Å². The molecule has 8 heteroatoms. The molecular formula is C25H23N5O2S. The summed E-state index contributed by atoms with van der Waals surface area (Å²) in [6.07, 6.45) is 4.47. The van der Waals surface area contributed by atoms with E-state index in [1.807, 2.05) is 52.7 Å². The van der Waals surface area contributed by atoms with E-state index in [0.717, 1.165) is 27.9 Å². The van der Waals surface area contributed by atoms with Gasteiger partial charge in [0.1, 0.15) is 17.8 Å². The Labute approximate surface area is 195 Å². The molecule has 0 aliphatic heterocycles. The number of carbonyl (C=O) groups is 1. The molecule has 1 aromatic carbocycles. The first kappa shape index (κ1) is 21.2. The molecule has 166 valence electrons. The van der Waals surface area contributed by atoms with E-state index in [1.54, 1.807) is 11.3 Å². The molecule has 5 rings (SSSR count). The Hall–Kier alpha value is -3.67. The van der Waals surface area contributed by atoms with Crippen LogP contribution in [0.3, 0.4) is 0 Å². The summed E-state index contributed by atoms with van der Waals surface area (Å²) in [5.74, 6) is 6.66. The van der Waals surface area contributed by atoms with E-state index in [2.05, 4.69) is 27.1 Å². The van der Waals surface area contributed by atoms with Crippen molar-refractivity contribution < 1.29 is 9.90 Å². The Bertz CT molecular complexity index is 1390. The minimum atomic E-state index is -0.280. The van der Waals surface area contributed by atoms with Gasteiger partial charge in [0.25, 0.3) is 5.91 Å². The zero-order valence-electron chi connectivity index (χ0n) is 18.1. The van der Waals surface area contributed by atoms with E-state index < -0.39 is 0 Å². The van der Waals surface area contributed by atoms with Crippen molar-refractivity contribution in [2.24, 2.45) is 0 Å². The van der Waals surface area contributed by atoms with Gasteiger partial charge in [-0.2, -0.15) is 11.3 Å². The van der Waals surface area contributed by atoms with Crippen molar-refractivity contribution in [3.05, 3.63) is 75.4 Å². The number of hydrogen-bond donors (Lipinski definition) is 3. The van der Waals surface area contributed by atoms with E-state index in [0.29, 0.717) is 36.2 Å². The van der Waals surface area contributed by atoms with E-state index in [-0.39, 0.29) is 18.1 Å². The van der Waals surface area contributed by atoms with Gasteiger partial charge in [0.2, 0.25) is 0 Å². The van der Waals surface area contributed by atoms with Crippen molar-refractivity contribution in [2.45, 2.75) is 38.5 Å². The molecule has 3 aromatic heterocycles. The number of amides is 1. The van der Waals surface area contributed by atoms with Crippen LogP contribution in [0.15, 0.2) is 47.5 Å². The van der Waals surface area contributed by atoms with Crippen LogP contribution in [-0.4, -0.2) is 31.7 Å². The van der Waals surface area contributed by atoms with Gasteiger partial charge in [0.15, 0.2) is 0 Å². The highest BCUT2D eigenvalue weighted by molar-refractivity contribution is 7.07. The highest BCUT2D eigenvalue weighted by Crippen LogP contribution is 2.36. The first-order valence-electron chi connectivity index (χ1n) is 10.7. The largest absolute Gasteiger partial charge is 0.393 e. The van der Waals surface area contributed by atoms with Gasteiger partial charge >= 0.3 is 0 Å². The molecule has 7 nitrogen and oxygen atoms in total. The number of benzene rings is 1. The number of carbonyl (C=O) groups excluding carboxylic acids is 1. The third kappa shape index (κ3) is 4.21. The Balaban J connectivity index is 1.45. The molecule has 0 unspecified atom stereocenters. The van der Waals surface area contributed by atoms with Crippen LogP contribution >= 0.6 is 11.3 Å². The molecule has 1 fully saturated rings. The third-order valence-corrected chi connectivity index (χ3v) is 6.72. The van der Waals surface area contributed by atoms with Gasteiger partial charge < -0.3 is 20.7 Å². The van der Waals surface area contributed by atoms with Gasteiger partial charge in [-0.05, 0) is 59.9 Å². The number of aromatic nitrogens is 3. The van der Waals surface area contributed by atoms with Crippen LogP contribution in [0.2, 0.25) is 0 Å². The van der Waals surface area contributed by atoms with Crippen molar-refractivity contribution in [1.82, 2.24) is 19.9 Å². The molecule has 0 spiro atoms. The minimum Gasteiger partial charge on any atom is -0.393 e. The molecule has 4 aromatic rings. The molecule has 33 heavy (non-hydrogen) atoms. The molecular weight excluding hydrogens is 434 g/mol. The summed E-state index contributed by atoms with van der Waals surface area (Å²) < 4.78 is 2.03. The standard InChI is InChI=1S/C25H23N5O2S/c1-15-2-3-18(25(32)27-11-16-6-7-33-13-16)8-17(15)4-5-19-12-30(20-9-21(31)10-20)24-22(19)23(26)28-14-29-24/h2-3,6-8,12-14,20-21,31H,9-11H2,1H3,(H,27,32)(H2,26,28,29). The van der Waals surface area contributed by atoms with E-state index >= 15 is 0 Å². The summed E-state index contributed by atoms with van der Waals surface area (Å²) >= 11 is 1.60. The molecule has 4 N–H and O–H groups in total. The topological polar surface area (TPSA) is 106 Å². The van der Waals surface area contributed by atoms with Gasteiger partial charge in [0.05, 0.1) is 17.1 Å². The van der Waals surface area contributed by atoms with Crippen LogP contribution in [-0.2, 0) is 6.54 Å². The van der Waals surface area contributed by atoms with Crippen LogP contribution in [0.1, 0.15) is 51.5 Å². The Morgan fingerprint density at radius 1 is 1.27 bits per heavy atom.